The fraction of sp³-hybridized carbons (Fsp3) is 0.875. The number of hydrogen-bond acceptors (Lipinski definition) is 5. The largest absolute Gasteiger partial charge is 0.469 e. The zero-order valence-electron chi connectivity index (χ0n) is 8.64. The van der Waals surface area contributed by atoms with Gasteiger partial charge in [-0.2, -0.15) is 0 Å². The van der Waals surface area contributed by atoms with E-state index in [0.717, 1.165) is 10.9 Å². The molecular weight excluding hydrogens is 222 g/mol. The summed E-state index contributed by atoms with van der Waals surface area (Å²) in [5.41, 5.74) is 0. The summed E-state index contributed by atoms with van der Waals surface area (Å²) in [4.78, 5) is 15.7. The summed E-state index contributed by atoms with van der Waals surface area (Å²) in [6.07, 6.45) is 1.09. The van der Waals surface area contributed by atoms with Gasteiger partial charge in [-0.25, -0.2) is 8.42 Å². The standard InChI is InChI=1S/C8H15NO5S/c1-13-8(10)4-2-7-15(11,12)9-5-3-6-14-9/h2-7H2,1H3. The minimum absolute atomic E-state index is 0.0813. The molecule has 0 aliphatic carbocycles. The van der Waals surface area contributed by atoms with Crippen molar-refractivity contribution in [3.8, 4) is 0 Å². The molecule has 0 aromatic carbocycles. The molecule has 0 N–H and O–H groups in total. The first kappa shape index (κ1) is 12.4. The Bertz CT molecular complexity index is 307. The fourth-order valence-corrected chi connectivity index (χ4v) is 2.60. The molecule has 0 aromatic heterocycles. The summed E-state index contributed by atoms with van der Waals surface area (Å²) in [6.45, 7) is 0.844. The second-order valence-corrected chi connectivity index (χ2v) is 5.19. The van der Waals surface area contributed by atoms with Gasteiger partial charge in [-0.1, -0.05) is 4.47 Å². The minimum Gasteiger partial charge on any atom is -0.469 e. The van der Waals surface area contributed by atoms with Gasteiger partial charge in [0.1, 0.15) is 0 Å². The van der Waals surface area contributed by atoms with E-state index in [1.807, 2.05) is 0 Å². The van der Waals surface area contributed by atoms with Crippen molar-refractivity contribution in [3.05, 3.63) is 0 Å². The van der Waals surface area contributed by atoms with Crippen LogP contribution in [-0.4, -0.2) is 44.9 Å². The lowest BCUT2D eigenvalue weighted by molar-refractivity contribution is -0.140. The van der Waals surface area contributed by atoms with Crippen LogP contribution in [0.4, 0.5) is 0 Å². The normalized spacial score (nSPS) is 17.9. The van der Waals surface area contributed by atoms with E-state index in [0.29, 0.717) is 13.2 Å². The Kier molecular flexibility index (Phi) is 4.49. The first-order valence-electron chi connectivity index (χ1n) is 4.76. The summed E-state index contributed by atoms with van der Waals surface area (Å²) in [6, 6.07) is 0. The van der Waals surface area contributed by atoms with Crippen LogP contribution in [0.5, 0.6) is 0 Å². The zero-order chi connectivity index (χ0) is 11.3. The Labute approximate surface area is 89.2 Å². The molecule has 1 saturated heterocycles. The third-order valence-corrected chi connectivity index (χ3v) is 3.75. The highest BCUT2D eigenvalue weighted by Crippen LogP contribution is 2.12. The molecule has 1 rings (SSSR count). The molecule has 0 bridgehead atoms. The Morgan fingerprint density at radius 3 is 2.80 bits per heavy atom. The van der Waals surface area contributed by atoms with Crippen molar-refractivity contribution in [2.75, 3.05) is 26.0 Å². The Morgan fingerprint density at radius 1 is 1.53 bits per heavy atom. The Morgan fingerprint density at radius 2 is 2.27 bits per heavy atom. The van der Waals surface area contributed by atoms with Crippen LogP contribution in [0.15, 0.2) is 0 Å². The quantitative estimate of drug-likeness (QED) is 0.625. The topological polar surface area (TPSA) is 72.9 Å². The summed E-state index contributed by atoms with van der Waals surface area (Å²) >= 11 is 0. The van der Waals surface area contributed by atoms with Crippen molar-refractivity contribution in [3.63, 3.8) is 0 Å². The van der Waals surface area contributed by atoms with E-state index in [4.69, 9.17) is 4.84 Å². The lowest BCUT2D eigenvalue weighted by atomic mass is 10.3. The number of rotatable bonds is 5. The van der Waals surface area contributed by atoms with Crippen molar-refractivity contribution in [1.82, 2.24) is 4.47 Å². The summed E-state index contributed by atoms with van der Waals surface area (Å²) in [7, 11) is -2.08. The van der Waals surface area contributed by atoms with Crippen molar-refractivity contribution < 1.29 is 22.8 Å². The first-order valence-corrected chi connectivity index (χ1v) is 6.37. The van der Waals surface area contributed by atoms with Crippen molar-refractivity contribution in [1.29, 1.82) is 0 Å². The van der Waals surface area contributed by atoms with Crippen LogP contribution in [-0.2, 0) is 24.4 Å². The molecule has 1 fully saturated rings. The van der Waals surface area contributed by atoms with Crippen LogP contribution >= 0.6 is 0 Å². The van der Waals surface area contributed by atoms with Gasteiger partial charge in [-0.05, 0) is 12.8 Å². The number of esters is 1. The highest BCUT2D eigenvalue weighted by Gasteiger charge is 2.26. The number of methoxy groups -OCH3 is 1. The lowest BCUT2D eigenvalue weighted by Crippen LogP contribution is -2.29. The fourth-order valence-electron chi connectivity index (χ4n) is 1.25. The van der Waals surface area contributed by atoms with E-state index in [1.54, 1.807) is 0 Å². The molecule has 6 nitrogen and oxygen atoms in total. The average molecular weight is 237 g/mol. The predicted molar refractivity (Wildman–Crippen MR) is 52.3 cm³/mol. The smallest absolute Gasteiger partial charge is 0.305 e. The van der Waals surface area contributed by atoms with Gasteiger partial charge in [-0.15, -0.1) is 0 Å². The molecule has 0 spiro atoms. The number of ether oxygens (including phenoxy) is 1. The predicted octanol–water partition coefficient (Wildman–Crippen LogP) is -0.0933. The van der Waals surface area contributed by atoms with Crippen LogP contribution in [0, 0.1) is 0 Å². The summed E-state index contributed by atoms with van der Waals surface area (Å²) in [5.74, 6) is -0.477. The molecule has 15 heavy (non-hydrogen) atoms. The van der Waals surface area contributed by atoms with Gasteiger partial charge in [0.15, 0.2) is 0 Å². The second kappa shape index (κ2) is 5.43. The molecule has 0 aromatic rings. The maximum absolute atomic E-state index is 11.6. The molecule has 0 amide bonds. The van der Waals surface area contributed by atoms with Gasteiger partial charge in [0, 0.05) is 13.0 Å². The summed E-state index contributed by atoms with van der Waals surface area (Å²) < 4.78 is 28.5. The Hall–Kier alpha value is -0.660. The number of sulfonamides is 1. The molecule has 0 atom stereocenters. The minimum atomic E-state index is -3.36. The second-order valence-electron chi connectivity index (χ2n) is 3.21. The van der Waals surface area contributed by atoms with E-state index in [-0.39, 0.29) is 18.6 Å². The molecular formula is C8H15NO5S. The Balaban J connectivity index is 2.33. The number of carbonyl (C=O) groups excluding carboxylic acids is 1. The average Bonchev–Trinajstić information content (AvgIpc) is 2.70. The van der Waals surface area contributed by atoms with Gasteiger partial charge in [0.05, 0.1) is 19.5 Å². The van der Waals surface area contributed by atoms with Crippen LogP contribution in [0.2, 0.25) is 0 Å². The SMILES string of the molecule is COC(=O)CCCS(=O)(=O)N1CCCO1. The number of carbonyl (C=O) groups is 1. The monoisotopic (exact) mass is 237 g/mol. The number of hydrogen-bond donors (Lipinski definition) is 0. The molecule has 1 aliphatic rings. The van der Waals surface area contributed by atoms with Crippen LogP contribution in [0.1, 0.15) is 19.3 Å². The van der Waals surface area contributed by atoms with Gasteiger partial charge in [-0.3, -0.25) is 9.63 Å². The lowest BCUT2D eigenvalue weighted by Gasteiger charge is -2.13. The van der Waals surface area contributed by atoms with E-state index < -0.39 is 16.0 Å². The first-order chi connectivity index (χ1) is 7.06. The van der Waals surface area contributed by atoms with E-state index >= 15 is 0 Å². The summed E-state index contributed by atoms with van der Waals surface area (Å²) in [5, 5.41) is 0. The van der Waals surface area contributed by atoms with Crippen molar-refractivity contribution in [2.24, 2.45) is 0 Å². The van der Waals surface area contributed by atoms with Gasteiger partial charge in [0.2, 0.25) is 10.0 Å². The van der Waals surface area contributed by atoms with E-state index in [9.17, 15) is 13.2 Å². The molecule has 0 radical (unpaired) electrons. The van der Waals surface area contributed by atoms with E-state index in [1.165, 1.54) is 7.11 Å². The maximum Gasteiger partial charge on any atom is 0.305 e. The van der Waals surface area contributed by atoms with Crippen LogP contribution in [0.3, 0.4) is 0 Å². The van der Waals surface area contributed by atoms with Gasteiger partial charge >= 0.3 is 5.97 Å². The highest BCUT2D eigenvalue weighted by molar-refractivity contribution is 7.88. The molecule has 0 saturated carbocycles. The number of hydroxylamine groups is 1. The molecule has 7 heteroatoms. The van der Waals surface area contributed by atoms with Gasteiger partial charge < -0.3 is 4.74 Å². The number of nitrogens with zero attached hydrogens (tertiary/aromatic N) is 1. The van der Waals surface area contributed by atoms with E-state index in [2.05, 4.69) is 4.74 Å². The molecule has 1 aliphatic heterocycles. The van der Waals surface area contributed by atoms with Crippen molar-refractivity contribution >= 4 is 16.0 Å². The third kappa shape index (κ3) is 3.77. The molecule has 88 valence electrons. The highest BCUT2D eigenvalue weighted by atomic mass is 32.2. The molecule has 0 unspecified atom stereocenters. The maximum atomic E-state index is 11.6. The van der Waals surface area contributed by atoms with Crippen molar-refractivity contribution in [2.45, 2.75) is 19.3 Å². The van der Waals surface area contributed by atoms with Crippen LogP contribution in [0.25, 0.3) is 0 Å². The van der Waals surface area contributed by atoms with Crippen LogP contribution < -0.4 is 0 Å². The zero-order valence-corrected chi connectivity index (χ0v) is 9.46. The van der Waals surface area contributed by atoms with Gasteiger partial charge in [0.25, 0.3) is 0 Å². The molecule has 1 heterocycles. The third-order valence-electron chi connectivity index (χ3n) is 2.04.